The molecule has 3 fully saturated rings. The summed E-state index contributed by atoms with van der Waals surface area (Å²) in [5.74, 6) is -4.67. The third-order valence-electron chi connectivity index (χ3n) is 7.92. The molecular formula is C25H29F3N6O4. The molecular weight excluding hydrogens is 505 g/mol. The minimum absolute atomic E-state index is 0.0721. The second-order valence-electron chi connectivity index (χ2n) is 10.6. The van der Waals surface area contributed by atoms with Crippen LogP contribution in [0.5, 0.6) is 0 Å². The Kier molecular flexibility index (Phi) is 7.36. The van der Waals surface area contributed by atoms with Crippen LogP contribution in [0.3, 0.4) is 0 Å². The number of nitrogens with one attached hydrogen (secondary N) is 3. The molecule has 204 valence electrons. The molecule has 1 saturated carbocycles. The number of rotatable bonds is 8. The Bertz CT molecular complexity index is 1150. The van der Waals surface area contributed by atoms with Crippen molar-refractivity contribution < 1.29 is 32.3 Å². The van der Waals surface area contributed by atoms with E-state index in [-0.39, 0.29) is 42.5 Å². The van der Waals surface area contributed by atoms with Gasteiger partial charge in [-0.25, -0.2) is 0 Å². The van der Waals surface area contributed by atoms with E-state index in [1.54, 1.807) is 17.4 Å². The SMILES string of the molecule is CC1(C)C2CN(C(=O)[C@H](Cc3ccccn3)NC(=O)C(F)(F)F)C(C(=O)N[C@H](C#N)C[C@@H]3CCNC3=O)C21. The number of alkyl halides is 3. The highest BCUT2D eigenvalue weighted by atomic mass is 19.4. The monoisotopic (exact) mass is 534 g/mol. The predicted octanol–water partition coefficient (Wildman–Crippen LogP) is 0.689. The zero-order valence-corrected chi connectivity index (χ0v) is 20.9. The average Bonchev–Trinajstić information content (AvgIpc) is 3.21. The van der Waals surface area contributed by atoms with Gasteiger partial charge in [-0.3, -0.25) is 24.2 Å². The molecule has 3 N–H and O–H groups in total. The van der Waals surface area contributed by atoms with E-state index in [0.29, 0.717) is 18.7 Å². The van der Waals surface area contributed by atoms with Crippen LogP contribution >= 0.6 is 0 Å². The summed E-state index contributed by atoms with van der Waals surface area (Å²) in [6.45, 7) is 4.48. The molecule has 0 radical (unpaired) electrons. The lowest BCUT2D eigenvalue weighted by molar-refractivity contribution is -0.175. The smallest absolute Gasteiger partial charge is 0.356 e. The molecule has 3 heterocycles. The number of pyridine rings is 1. The maximum absolute atomic E-state index is 13.6. The van der Waals surface area contributed by atoms with Crippen LogP contribution in [0.1, 0.15) is 32.4 Å². The third kappa shape index (κ3) is 5.44. The van der Waals surface area contributed by atoms with Gasteiger partial charge >= 0.3 is 12.1 Å². The Hall–Kier alpha value is -3.69. The molecule has 1 aromatic heterocycles. The lowest BCUT2D eigenvalue weighted by atomic mass is 9.97. The summed E-state index contributed by atoms with van der Waals surface area (Å²) in [7, 11) is 0. The molecule has 13 heteroatoms. The van der Waals surface area contributed by atoms with Crippen LogP contribution in [0.2, 0.25) is 0 Å². The number of carbonyl (C=O) groups is 4. The summed E-state index contributed by atoms with van der Waals surface area (Å²) in [4.78, 5) is 56.0. The van der Waals surface area contributed by atoms with Crippen molar-refractivity contribution in [3.63, 3.8) is 0 Å². The summed E-state index contributed by atoms with van der Waals surface area (Å²) in [6.07, 6.45) is -3.45. The number of nitrogens with zero attached hydrogens (tertiary/aromatic N) is 3. The van der Waals surface area contributed by atoms with Gasteiger partial charge in [0.15, 0.2) is 0 Å². The molecule has 3 aliphatic rings. The Balaban J connectivity index is 1.54. The largest absolute Gasteiger partial charge is 0.471 e. The highest BCUT2D eigenvalue weighted by Crippen LogP contribution is 2.64. The summed E-state index contributed by atoms with van der Waals surface area (Å²) in [5.41, 5.74) is -0.00350. The van der Waals surface area contributed by atoms with Crippen molar-refractivity contribution in [1.29, 1.82) is 5.26 Å². The topological polar surface area (TPSA) is 144 Å². The quantitative estimate of drug-likeness (QED) is 0.448. The number of hydrogen-bond acceptors (Lipinski definition) is 6. The second-order valence-corrected chi connectivity index (χ2v) is 10.6. The molecule has 38 heavy (non-hydrogen) atoms. The molecule has 0 bridgehead atoms. The molecule has 6 atom stereocenters. The van der Waals surface area contributed by atoms with Crippen LogP contribution < -0.4 is 16.0 Å². The lowest BCUT2D eigenvalue weighted by Gasteiger charge is -2.33. The van der Waals surface area contributed by atoms with Gasteiger partial charge in [-0.1, -0.05) is 19.9 Å². The summed E-state index contributed by atoms with van der Waals surface area (Å²) in [5, 5.41) is 16.7. The number of likely N-dealkylation sites (tertiary alicyclic amines) is 1. The van der Waals surface area contributed by atoms with Crippen LogP contribution in [-0.2, 0) is 25.6 Å². The number of hydrogen-bond donors (Lipinski definition) is 3. The lowest BCUT2D eigenvalue weighted by Crippen LogP contribution is -2.58. The fraction of sp³-hybridized carbons (Fsp3) is 0.600. The number of nitriles is 1. The fourth-order valence-electron chi connectivity index (χ4n) is 5.74. The predicted molar refractivity (Wildman–Crippen MR) is 125 cm³/mol. The van der Waals surface area contributed by atoms with Gasteiger partial charge in [0.1, 0.15) is 18.1 Å². The van der Waals surface area contributed by atoms with Crippen molar-refractivity contribution in [2.75, 3.05) is 13.1 Å². The molecule has 2 saturated heterocycles. The highest BCUT2D eigenvalue weighted by Gasteiger charge is 2.69. The van der Waals surface area contributed by atoms with Gasteiger partial charge in [0.2, 0.25) is 17.7 Å². The molecule has 3 unspecified atom stereocenters. The first-order chi connectivity index (χ1) is 17.8. The molecule has 2 aliphatic heterocycles. The Morgan fingerprint density at radius 1 is 1.29 bits per heavy atom. The standard InChI is InChI=1S/C25H29F3N6O4/c1-24(2)16-12-34(19(18(16)24)21(36)32-15(11-29)9-13-6-8-31-20(13)35)22(37)17(33-23(38)25(26,27)28)10-14-5-3-4-7-30-14/h3-5,7,13,15-19H,6,8-10,12H2,1-2H3,(H,31,35)(H,32,36)(H,33,38)/t13-,15-,16?,17-,18?,19?/m0/s1. The van der Waals surface area contributed by atoms with Crippen LogP contribution in [0.25, 0.3) is 0 Å². The average molecular weight is 535 g/mol. The van der Waals surface area contributed by atoms with Crippen LogP contribution in [0.4, 0.5) is 13.2 Å². The molecule has 0 aromatic carbocycles. The molecule has 4 rings (SSSR count). The van der Waals surface area contributed by atoms with Gasteiger partial charge in [-0.15, -0.1) is 0 Å². The maximum atomic E-state index is 13.6. The van der Waals surface area contributed by atoms with E-state index in [4.69, 9.17) is 0 Å². The Morgan fingerprint density at radius 2 is 2.03 bits per heavy atom. The van der Waals surface area contributed by atoms with E-state index in [1.807, 2.05) is 19.9 Å². The van der Waals surface area contributed by atoms with E-state index >= 15 is 0 Å². The van der Waals surface area contributed by atoms with Crippen LogP contribution in [0, 0.1) is 34.5 Å². The second kappa shape index (κ2) is 10.2. The van der Waals surface area contributed by atoms with Crippen molar-refractivity contribution in [3.8, 4) is 6.07 Å². The first-order valence-electron chi connectivity index (χ1n) is 12.4. The third-order valence-corrected chi connectivity index (χ3v) is 7.92. The van der Waals surface area contributed by atoms with Crippen molar-refractivity contribution in [1.82, 2.24) is 25.8 Å². The minimum atomic E-state index is -5.21. The molecule has 1 aromatic rings. The fourth-order valence-corrected chi connectivity index (χ4v) is 5.74. The Labute approximate surface area is 217 Å². The van der Waals surface area contributed by atoms with Gasteiger partial charge in [-0.05, 0) is 42.2 Å². The summed E-state index contributed by atoms with van der Waals surface area (Å²) < 4.78 is 39.2. The first-order valence-corrected chi connectivity index (χ1v) is 12.4. The van der Waals surface area contributed by atoms with E-state index in [2.05, 4.69) is 15.6 Å². The number of aromatic nitrogens is 1. The zero-order valence-electron chi connectivity index (χ0n) is 20.9. The minimum Gasteiger partial charge on any atom is -0.356 e. The van der Waals surface area contributed by atoms with Gasteiger partial charge in [0.25, 0.3) is 0 Å². The van der Waals surface area contributed by atoms with E-state index in [0.717, 1.165) is 0 Å². The zero-order chi connectivity index (χ0) is 27.8. The van der Waals surface area contributed by atoms with Gasteiger partial charge < -0.3 is 20.9 Å². The normalized spacial score (nSPS) is 26.9. The van der Waals surface area contributed by atoms with Gasteiger partial charge in [0, 0.05) is 37.3 Å². The Morgan fingerprint density at radius 3 is 2.61 bits per heavy atom. The molecule has 4 amide bonds. The highest BCUT2D eigenvalue weighted by molar-refractivity contribution is 5.94. The number of carbonyl (C=O) groups excluding carboxylic acids is 4. The number of piperidine rings is 1. The number of fused-ring (bicyclic) bond motifs is 1. The van der Waals surface area contributed by atoms with Crippen molar-refractivity contribution in [3.05, 3.63) is 30.1 Å². The molecule has 0 spiro atoms. The summed E-state index contributed by atoms with van der Waals surface area (Å²) in [6, 6.07) is 3.09. The van der Waals surface area contributed by atoms with Gasteiger partial charge in [-0.2, -0.15) is 18.4 Å². The van der Waals surface area contributed by atoms with E-state index in [1.165, 1.54) is 17.2 Å². The van der Waals surface area contributed by atoms with Gasteiger partial charge in [0.05, 0.1) is 6.07 Å². The molecule has 1 aliphatic carbocycles. The first kappa shape index (κ1) is 27.3. The summed E-state index contributed by atoms with van der Waals surface area (Å²) >= 11 is 0. The number of halogens is 3. The van der Waals surface area contributed by atoms with Crippen LogP contribution in [0.15, 0.2) is 24.4 Å². The maximum Gasteiger partial charge on any atom is 0.471 e. The van der Waals surface area contributed by atoms with E-state index < -0.39 is 47.9 Å². The van der Waals surface area contributed by atoms with Crippen LogP contribution in [-0.4, -0.2) is 70.9 Å². The number of amides is 4. The van der Waals surface area contributed by atoms with E-state index in [9.17, 15) is 37.6 Å². The van der Waals surface area contributed by atoms with Crippen molar-refractivity contribution in [2.24, 2.45) is 23.2 Å². The molecule has 10 nitrogen and oxygen atoms in total. The van der Waals surface area contributed by atoms with Crippen molar-refractivity contribution in [2.45, 2.75) is 57.4 Å². The van der Waals surface area contributed by atoms with Crippen molar-refractivity contribution >= 4 is 23.6 Å².